The average Bonchev–Trinajstić information content (AvgIpc) is 3.14. The molecule has 3 atom stereocenters. The summed E-state index contributed by atoms with van der Waals surface area (Å²) in [5.74, 6) is -0.501. The van der Waals surface area contributed by atoms with Crippen LogP contribution in [0.25, 0.3) is 0 Å². The van der Waals surface area contributed by atoms with E-state index in [1.54, 1.807) is 12.3 Å². The lowest BCUT2D eigenvalue weighted by molar-refractivity contribution is -0.870. The molecule has 2 N–H and O–H groups in total. The quantitative estimate of drug-likeness (QED) is 0.0121. The molecule has 0 aliphatic heterocycles. The van der Waals surface area contributed by atoms with Crippen LogP contribution in [0, 0.1) is 0 Å². The number of nitrogens with zero attached hydrogens (tertiary/aromatic N) is 1. The van der Waals surface area contributed by atoms with Crippen molar-refractivity contribution in [1.82, 2.24) is 0 Å². The van der Waals surface area contributed by atoms with Gasteiger partial charge < -0.3 is 24.0 Å². The van der Waals surface area contributed by atoms with Gasteiger partial charge in [0.25, 0.3) is 0 Å². The Morgan fingerprint density at radius 1 is 0.679 bits per heavy atom. The lowest BCUT2D eigenvalue weighted by Gasteiger charge is -2.24. The highest BCUT2D eigenvalue weighted by Crippen LogP contribution is 2.43. The molecule has 0 bridgehead atoms. The van der Waals surface area contributed by atoms with Crippen LogP contribution in [0.5, 0.6) is 0 Å². The molecule has 0 rings (SSSR count). The summed E-state index contributed by atoms with van der Waals surface area (Å²) in [6.45, 7) is 4.54. The van der Waals surface area contributed by atoms with Crippen molar-refractivity contribution in [2.75, 3.05) is 47.5 Å². The Morgan fingerprint density at radius 3 is 1.86 bits per heavy atom. The number of phosphoric ester groups is 1. The third kappa shape index (κ3) is 41.1. The van der Waals surface area contributed by atoms with Crippen LogP contribution >= 0.6 is 7.82 Å². The highest BCUT2D eigenvalue weighted by atomic mass is 31.2. The Bertz CT molecular complexity index is 1180. The second-order valence-electron chi connectivity index (χ2n) is 15.3. The normalized spacial score (nSPS) is 15.1. The smallest absolute Gasteiger partial charge is 0.472 e. The summed E-state index contributed by atoms with van der Waals surface area (Å²) in [5, 5.41) is 10.3. The van der Waals surface area contributed by atoms with E-state index in [1.165, 1.54) is 70.6 Å². The van der Waals surface area contributed by atoms with Gasteiger partial charge in [0.1, 0.15) is 19.8 Å². The summed E-state index contributed by atoms with van der Waals surface area (Å²) in [7, 11) is 1.50. The van der Waals surface area contributed by atoms with Gasteiger partial charge in [0.15, 0.2) is 6.10 Å². The van der Waals surface area contributed by atoms with Crippen molar-refractivity contribution in [3.8, 4) is 0 Å². The van der Waals surface area contributed by atoms with Gasteiger partial charge in [-0.05, 0) is 83.1 Å². The third-order valence-electron chi connectivity index (χ3n) is 8.61. The number of aliphatic hydroxyl groups is 1. The van der Waals surface area contributed by atoms with Gasteiger partial charge in [0.05, 0.1) is 40.1 Å². The van der Waals surface area contributed by atoms with Crippen LogP contribution in [0.15, 0.2) is 85.3 Å². The average molecular weight is 807 g/mol. The molecule has 0 aromatic rings. The number of quaternary nitrogens is 1. The predicted molar refractivity (Wildman–Crippen MR) is 234 cm³/mol. The first-order valence-corrected chi connectivity index (χ1v) is 23.0. The van der Waals surface area contributed by atoms with E-state index in [0.29, 0.717) is 23.9 Å². The standard InChI is InChI=1S/C46H80NO8P/c1-6-8-10-12-14-16-18-20-21-22-24-26-28-30-32-34-40-52-42-45(43-54-56(50,51)53-41-39-47(3,4)5)55-46(49)38-35-37-44(48)36-33-31-29-27-25-23-19-17-15-13-11-9-7-2/h9,11,15-18,23,25,29,31,33-34,36,40,44-45,48H,6-8,10,12-14,19-22,24,26-28,30,32,35,37-39,41-43H2,1-5H3/p+1/b11-9-,17-15-,18-16-,25-23-,31-29-,36-33+,40-34+/t44?,45-/m1/s1. The molecule has 322 valence electrons. The minimum Gasteiger partial charge on any atom is -0.498 e. The van der Waals surface area contributed by atoms with Gasteiger partial charge in [-0.3, -0.25) is 13.8 Å². The summed E-state index contributed by atoms with van der Waals surface area (Å²) < 4.78 is 34.5. The molecule has 0 radical (unpaired) electrons. The van der Waals surface area contributed by atoms with Crippen LogP contribution < -0.4 is 0 Å². The summed E-state index contributed by atoms with van der Waals surface area (Å²) in [6.07, 6.45) is 47.4. The molecule has 0 spiro atoms. The third-order valence-corrected chi connectivity index (χ3v) is 9.59. The van der Waals surface area contributed by atoms with E-state index in [4.69, 9.17) is 18.5 Å². The maximum absolute atomic E-state index is 12.7. The van der Waals surface area contributed by atoms with Crippen molar-refractivity contribution in [3.63, 3.8) is 0 Å². The monoisotopic (exact) mass is 807 g/mol. The number of unbranched alkanes of at least 4 members (excludes halogenated alkanes) is 11. The van der Waals surface area contributed by atoms with E-state index < -0.39 is 26.0 Å². The zero-order chi connectivity index (χ0) is 41.4. The van der Waals surface area contributed by atoms with Crippen molar-refractivity contribution in [1.29, 1.82) is 0 Å². The molecule has 0 saturated heterocycles. The number of rotatable bonds is 38. The van der Waals surface area contributed by atoms with Crippen molar-refractivity contribution in [2.24, 2.45) is 0 Å². The Kier molecular flexibility index (Phi) is 36.3. The van der Waals surface area contributed by atoms with Gasteiger partial charge in [0, 0.05) is 6.42 Å². The van der Waals surface area contributed by atoms with E-state index in [0.717, 1.165) is 38.5 Å². The van der Waals surface area contributed by atoms with Gasteiger partial charge in [-0.2, -0.15) is 0 Å². The molecule has 10 heteroatoms. The second kappa shape index (κ2) is 38.0. The van der Waals surface area contributed by atoms with Gasteiger partial charge in [-0.1, -0.05) is 132 Å². The molecule has 0 aromatic heterocycles. The molecule has 0 fully saturated rings. The fourth-order valence-electron chi connectivity index (χ4n) is 5.25. The van der Waals surface area contributed by atoms with Crippen LogP contribution in [0.1, 0.15) is 142 Å². The van der Waals surface area contributed by atoms with E-state index in [2.05, 4.69) is 62.5 Å². The molecule has 0 aromatic carbocycles. The Labute approximate surface area is 342 Å². The van der Waals surface area contributed by atoms with E-state index in [1.807, 2.05) is 45.4 Å². The molecular formula is C46H81NO8P+. The molecule has 0 heterocycles. The van der Waals surface area contributed by atoms with E-state index in [9.17, 15) is 19.4 Å². The molecule has 0 saturated carbocycles. The molecule has 56 heavy (non-hydrogen) atoms. The molecule has 0 aliphatic rings. The van der Waals surface area contributed by atoms with Gasteiger partial charge in [0.2, 0.25) is 0 Å². The number of phosphoric acid groups is 1. The lowest BCUT2D eigenvalue weighted by atomic mass is 10.1. The van der Waals surface area contributed by atoms with Crippen LogP contribution in [-0.2, 0) is 27.9 Å². The topological polar surface area (TPSA) is 112 Å². The van der Waals surface area contributed by atoms with Gasteiger partial charge in [-0.15, -0.1) is 0 Å². The molecule has 9 nitrogen and oxygen atoms in total. The molecular weight excluding hydrogens is 725 g/mol. The Balaban J connectivity index is 4.54. The first-order chi connectivity index (χ1) is 27.0. The number of carbonyl (C=O) groups is 1. The number of hydrogen-bond donors (Lipinski definition) is 2. The van der Waals surface area contributed by atoms with Gasteiger partial charge >= 0.3 is 13.8 Å². The van der Waals surface area contributed by atoms with Crippen molar-refractivity contribution in [3.05, 3.63) is 85.3 Å². The van der Waals surface area contributed by atoms with Crippen molar-refractivity contribution >= 4 is 13.8 Å². The maximum atomic E-state index is 12.7. The van der Waals surface area contributed by atoms with Crippen LogP contribution in [0.4, 0.5) is 0 Å². The zero-order valence-electron chi connectivity index (χ0n) is 35.9. The van der Waals surface area contributed by atoms with Gasteiger partial charge in [-0.25, -0.2) is 4.57 Å². The van der Waals surface area contributed by atoms with E-state index >= 15 is 0 Å². The SMILES string of the molecule is CC/C=C\C/C=C\C/C=C\C/C=C\C=C\C(O)CCCC(=O)O[C@H](CO/C=C/CCCCCCCC/C=C\CCCCCC)COP(=O)(O)OCC[N+](C)(C)C. The fraction of sp³-hybridized carbons (Fsp3) is 0.674. The molecule has 2 unspecified atom stereocenters. The largest absolute Gasteiger partial charge is 0.498 e. The number of esters is 1. The second-order valence-corrected chi connectivity index (χ2v) is 16.7. The molecule has 0 aliphatic carbocycles. The Morgan fingerprint density at radius 2 is 1.25 bits per heavy atom. The minimum atomic E-state index is -4.35. The van der Waals surface area contributed by atoms with Crippen LogP contribution in [0.2, 0.25) is 0 Å². The number of likely N-dealkylation sites (N-methyl/N-ethyl adjacent to an activating group) is 1. The van der Waals surface area contributed by atoms with Crippen molar-refractivity contribution in [2.45, 2.75) is 154 Å². The number of allylic oxidation sites excluding steroid dienone is 12. The molecule has 0 amide bonds. The maximum Gasteiger partial charge on any atom is 0.472 e. The van der Waals surface area contributed by atoms with Crippen molar-refractivity contribution < 1.29 is 42.4 Å². The number of hydrogen-bond acceptors (Lipinski definition) is 7. The Hall–Kier alpha value is -2.52. The highest BCUT2D eigenvalue weighted by Gasteiger charge is 2.26. The first kappa shape index (κ1) is 53.5. The van der Waals surface area contributed by atoms with Crippen LogP contribution in [0.3, 0.4) is 0 Å². The summed E-state index contributed by atoms with van der Waals surface area (Å²) >= 11 is 0. The summed E-state index contributed by atoms with van der Waals surface area (Å²) in [6, 6.07) is 0. The predicted octanol–water partition coefficient (Wildman–Crippen LogP) is 11.8. The lowest BCUT2D eigenvalue weighted by Crippen LogP contribution is -2.37. The van der Waals surface area contributed by atoms with E-state index in [-0.39, 0.29) is 26.2 Å². The minimum absolute atomic E-state index is 0.0332. The summed E-state index contributed by atoms with van der Waals surface area (Å²) in [5.41, 5.74) is 0. The van der Waals surface area contributed by atoms with Crippen LogP contribution in [-0.4, -0.2) is 80.2 Å². The zero-order valence-corrected chi connectivity index (χ0v) is 36.8. The summed E-state index contributed by atoms with van der Waals surface area (Å²) in [4.78, 5) is 22.9. The highest BCUT2D eigenvalue weighted by molar-refractivity contribution is 7.47. The fourth-order valence-corrected chi connectivity index (χ4v) is 5.99. The first-order valence-electron chi connectivity index (χ1n) is 21.5. The number of aliphatic hydroxyl groups excluding tert-OH is 1. The number of ether oxygens (including phenoxy) is 2. The number of carbonyl (C=O) groups excluding carboxylic acids is 1.